The number of aliphatic hydroxyl groups excluding tert-OH is 1. The van der Waals surface area contributed by atoms with E-state index in [-0.39, 0.29) is 11.6 Å². The van der Waals surface area contributed by atoms with Gasteiger partial charge in [0, 0.05) is 6.04 Å². The molecule has 0 saturated carbocycles. The van der Waals surface area contributed by atoms with Crippen LogP contribution in [0.5, 0.6) is 0 Å². The molecule has 1 rings (SSSR count). The zero-order valence-corrected chi connectivity index (χ0v) is 12.4. The number of hydrogen-bond acceptors (Lipinski definition) is 4. The van der Waals surface area contributed by atoms with Crippen molar-refractivity contribution in [2.75, 3.05) is 6.61 Å². The van der Waals surface area contributed by atoms with Crippen molar-refractivity contribution in [1.82, 2.24) is 0 Å². The second kappa shape index (κ2) is 7.08. The molecule has 3 N–H and O–H groups in total. The Hall–Kier alpha value is -0.840. The number of hydrogen-bond donors (Lipinski definition) is 2. The molecular formula is C15H27NO3. The minimum absolute atomic E-state index is 0.0111. The second-order valence-corrected chi connectivity index (χ2v) is 6.17. The molecule has 0 saturated heterocycles. The van der Waals surface area contributed by atoms with Gasteiger partial charge in [0.1, 0.15) is 11.9 Å². The molecule has 1 heterocycles. The van der Waals surface area contributed by atoms with E-state index in [1.165, 1.54) is 0 Å². The predicted octanol–water partition coefficient (Wildman–Crippen LogP) is 2.87. The van der Waals surface area contributed by atoms with E-state index >= 15 is 0 Å². The van der Waals surface area contributed by atoms with Crippen LogP contribution in [0.3, 0.4) is 0 Å². The van der Waals surface area contributed by atoms with Crippen molar-refractivity contribution in [2.24, 2.45) is 11.7 Å². The topological polar surface area (TPSA) is 68.6 Å². The van der Waals surface area contributed by atoms with Gasteiger partial charge >= 0.3 is 0 Å². The van der Waals surface area contributed by atoms with Crippen molar-refractivity contribution in [3.63, 3.8) is 0 Å². The highest BCUT2D eigenvalue weighted by molar-refractivity contribution is 5.01. The number of aliphatic hydroxyl groups is 1. The van der Waals surface area contributed by atoms with Gasteiger partial charge in [-0.3, -0.25) is 0 Å². The highest BCUT2D eigenvalue weighted by Gasteiger charge is 2.19. The maximum atomic E-state index is 9.93. The first-order valence-corrected chi connectivity index (χ1v) is 6.90. The van der Waals surface area contributed by atoms with Crippen LogP contribution in [-0.2, 0) is 4.74 Å². The molecule has 0 radical (unpaired) electrons. The third-order valence-electron chi connectivity index (χ3n) is 3.21. The Morgan fingerprint density at radius 1 is 1.37 bits per heavy atom. The van der Waals surface area contributed by atoms with Crippen LogP contribution in [0, 0.1) is 5.92 Å². The smallest absolute Gasteiger partial charge is 0.132 e. The molecule has 1 aromatic heterocycles. The van der Waals surface area contributed by atoms with Gasteiger partial charge in [-0.25, -0.2) is 0 Å². The lowest BCUT2D eigenvalue weighted by Crippen LogP contribution is -2.36. The Labute approximate surface area is 115 Å². The lowest BCUT2D eigenvalue weighted by atomic mass is 9.95. The van der Waals surface area contributed by atoms with Crippen molar-refractivity contribution >= 4 is 0 Å². The molecule has 0 aliphatic rings. The summed E-state index contributed by atoms with van der Waals surface area (Å²) >= 11 is 0. The van der Waals surface area contributed by atoms with Gasteiger partial charge in [-0.1, -0.05) is 6.92 Å². The number of nitrogens with two attached hydrogens (primary N) is 1. The first-order valence-electron chi connectivity index (χ1n) is 6.90. The predicted molar refractivity (Wildman–Crippen MR) is 75.7 cm³/mol. The maximum Gasteiger partial charge on any atom is 0.132 e. The van der Waals surface area contributed by atoms with Crippen LogP contribution in [0.1, 0.15) is 52.4 Å². The van der Waals surface area contributed by atoms with Gasteiger partial charge in [0.05, 0.1) is 18.5 Å². The Bertz CT molecular complexity index is 343. The molecular weight excluding hydrogens is 242 g/mol. The summed E-state index contributed by atoms with van der Waals surface area (Å²) in [6.45, 7) is 8.69. The SMILES string of the molecule is CC(CCC(O)c1ccco1)C(N)COC(C)(C)C. The van der Waals surface area contributed by atoms with E-state index < -0.39 is 6.10 Å². The van der Waals surface area contributed by atoms with E-state index in [0.29, 0.717) is 24.7 Å². The van der Waals surface area contributed by atoms with Crippen LogP contribution < -0.4 is 5.73 Å². The third-order valence-corrected chi connectivity index (χ3v) is 3.21. The van der Waals surface area contributed by atoms with Gasteiger partial charge in [0.25, 0.3) is 0 Å². The fourth-order valence-electron chi connectivity index (χ4n) is 1.77. The lowest BCUT2D eigenvalue weighted by Gasteiger charge is -2.26. The van der Waals surface area contributed by atoms with Crippen LogP contribution >= 0.6 is 0 Å². The molecule has 0 aromatic carbocycles. The van der Waals surface area contributed by atoms with Crippen molar-refractivity contribution < 1.29 is 14.3 Å². The zero-order valence-electron chi connectivity index (χ0n) is 12.4. The number of furan rings is 1. The number of rotatable bonds is 7. The molecule has 0 bridgehead atoms. The summed E-state index contributed by atoms with van der Waals surface area (Å²) in [6, 6.07) is 3.56. The lowest BCUT2D eigenvalue weighted by molar-refractivity contribution is -0.0169. The van der Waals surface area contributed by atoms with E-state index in [9.17, 15) is 5.11 Å². The highest BCUT2D eigenvalue weighted by atomic mass is 16.5. The van der Waals surface area contributed by atoms with E-state index in [4.69, 9.17) is 14.9 Å². The Morgan fingerprint density at radius 3 is 2.58 bits per heavy atom. The van der Waals surface area contributed by atoms with Crippen LogP contribution in [0.15, 0.2) is 22.8 Å². The molecule has 110 valence electrons. The highest BCUT2D eigenvalue weighted by Crippen LogP contribution is 2.22. The summed E-state index contributed by atoms with van der Waals surface area (Å²) in [5.74, 6) is 0.915. The van der Waals surface area contributed by atoms with Crippen LogP contribution in [0.25, 0.3) is 0 Å². The van der Waals surface area contributed by atoms with E-state index in [2.05, 4.69) is 6.92 Å². The van der Waals surface area contributed by atoms with Crippen molar-refractivity contribution in [1.29, 1.82) is 0 Å². The van der Waals surface area contributed by atoms with Crippen molar-refractivity contribution in [3.05, 3.63) is 24.2 Å². The quantitative estimate of drug-likeness (QED) is 0.798. The average molecular weight is 269 g/mol. The molecule has 4 heteroatoms. The van der Waals surface area contributed by atoms with E-state index in [0.717, 1.165) is 6.42 Å². The summed E-state index contributed by atoms with van der Waals surface area (Å²) in [4.78, 5) is 0. The zero-order chi connectivity index (χ0) is 14.5. The molecule has 4 nitrogen and oxygen atoms in total. The number of ether oxygens (including phenoxy) is 1. The Balaban J connectivity index is 2.28. The second-order valence-electron chi connectivity index (χ2n) is 6.17. The molecule has 0 aliphatic heterocycles. The minimum Gasteiger partial charge on any atom is -0.467 e. The maximum absolute atomic E-state index is 9.93. The molecule has 3 unspecified atom stereocenters. The summed E-state index contributed by atoms with van der Waals surface area (Å²) in [6.07, 6.45) is 2.52. The summed E-state index contributed by atoms with van der Waals surface area (Å²) in [7, 11) is 0. The van der Waals surface area contributed by atoms with Gasteiger partial charge in [0.15, 0.2) is 0 Å². The van der Waals surface area contributed by atoms with Gasteiger partial charge in [0.2, 0.25) is 0 Å². The first kappa shape index (κ1) is 16.2. The van der Waals surface area contributed by atoms with Crippen LogP contribution in [0.2, 0.25) is 0 Å². The fourth-order valence-corrected chi connectivity index (χ4v) is 1.77. The standard InChI is InChI=1S/C15H27NO3/c1-11(12(16)10-19-15(2,3)4)7-8-13(17)14-6-5-9-18-14/h5-6,9,11-13,17H,7-8,10,16H2,1-4H3. The van der Waals surface area contributed by atoms with Gasteiger partial charge in [-0.05, 0) is 51.7 Å². The van der Waals surface area contributed by atoms with Gasteiger partial charge in [-0.2, -0.15) is 0 Å². The van der Waals surface area contributed by atoms with Gasteiger partial charge in [-0.15, -0.1) is 0 Å². The largest absolute Gasteiger partial charge is 0.467 e. The van der Waals surface area contributed by atoms with Crippen LogP contribution in [0.4, 0.5) is 0 Å². The monoisotopic (exact) mass is 269 g/mol. The molecule has 1 aromatic rings. The van der Waals surface area contributed by atoms with E-state index in [1.54, 1.807) is 18.4 Å². The summed E-state index contributed by atoms with van der Waals surface area (Å²) < 4.78 is 10.9. The summed E-state index contributed by atoms with van der Waals surface area (Å²) in [5, 5.41) is 9.93. The molecule has 3 atom stereocenters. The Kier molecular flexibility index (Phi) is 6.04. The average Bonchev–Trinajstić information content (AvgIpc) is 2.85. The fraction of sp³-hybridized carbons (Fsp3) is 0.733. The molecule has 0 amide bonds. The first-order chi connectivity index (χ1) is 8.79. The molecule has 19 heavy (non-hydrogen) atoms. The van der Waals surface area contributed by atoms with E-state index in [1.807, 2.05) is 20.8 Å². The third kappa shape index (κ3) is 6.23. The molecule has 0 spiro atoms. The van der Waals surface area contributed by atoms with Crippen LogP contribution in [-0.4, -0.2) is 23.4 Å². The summed E-state index contributed by atoms with van der Waals surface area (Å²) in [5.41, 5.74) is 5.94. The normalized spacial score (nSPS) is 17.2. The minimum atomic E-state index is -0.548. The van der Waals surface area contributed by atoms with Crippen molar-refractivity contribution in [2.45, 2.75) is 58.3 Å². The van der Waals surface area contributed by atoms with Gasteiger partial charge < -0.3 is 20.0 Å². The molecule has 0 aliphatic carbocycles. The Morgan fingerprint density at radius 2 is 2.05 bits per heavy atom. The van der Waals surface area contributed by atoms with Crippen molar-refractivity contribution in [3.8, 4) is 0 Å². The molecule has 0 fully saturated rings.